The van der Waals surface area contributed by atoms with Crippen molar-refractivity contribution in [2.75, 3.05) is 0 Å². The molecule has 0 aromatic heterocycles. The lowest BCUT2D eigenvalue weighted by Crippen LogP contribution is -2.06. The maximum atomic E-state index is 10.5. The highest BCUT2D eigenvalue weighted by Gasteiger charge is 2.13. The molecule has 2 aromatic rings. The third kappa shape index (κ3) is 10.4. The minimum atomic E-state index is -1.23. The lowest BCUT2D eigenvalue weighted by Gasteiger charge is -2.06. The van der Waals surface area contributed by atoms with Crippen LogP contribution in [-0.4, -0.2) is 28.3 Å². The van der Waals surface area contributed by atoms with Crippen molar-refractivity contribution in [2.24, 2.45) is 5.34 Å². The van der Waals surface area contributed by atoms with Crippen LogP contribution in [0.15, 0.2) is 59.9 Å². The van der Waals surface area contributed by atoms with Gasteiger partial charge >= 0.3 is 11.9 Å². The smallest absolute Gasteiger partial charge is 0.336 e. The number of hydrogen-bond acceptors (Lipinski definition) is 5. The topological polar surface area (TPSA) is 113 Å². The van der Waals surface area contributed by atoms with E-state index in [4.69, 9.17) is 10.2 Å². The second-order valence-electron chi connectivity index (χ2n) is 6.94. The molecule has 1 atom stereocenters. The predicted molar refractivity (Wildman–Crippen MR) is 115 cm³/mol. The van der Waals surface area contributed by atoms with Crippen molar-refractivity contribution < 1.29 is 24.6 Å². The molecular weight excluding hydrogens is 386 g/mol. The van der Waals surface area contributed by atoms with Gasteiger partial charge in [0.15, 0.2) is 5.34 Å². The van der Waals surface area contributed by atoms with Crippen molar-refractivity contribution in [2.45, 2.75) is 58.0 Å². The lowest BCUT2D eigenvalue weighted by molar-refractivity contribution is 0.0606. The molecule has 162 valence electrons. The zero-order chi connectivity index (χ0) is 22.2. The number of unbranched alkanes of at least 4 members (excludes halogenated alkanes) is 4. The van der Waals surface area contributed by atoms with Crippen molar-refractivity contribution >= 4 is 11.9 Å². The van der Waals surface area contributed by atoms with Crippen LogP contribution in [0.2, 0.25) is 0 Å². The Morgan fingerprint density at radius 3 is 1.87 bits per heavy atom. The maximum absolute atomic E-state index is 10.5. The van der Waals surface area contributed by atoms with E-state index in [1.165, 1.54) is 61.9 Å². The average Bonchev–Trinajstić information content (AvgIpc) is 2.74. The van der Waals surface area contributed by atoms with E-state index < -0.39 is 11.9 Å². The van der Waals surface area contributed by atoms with Crippen LogP contribution in [0.3, 0.4) is 0 Å². The number of hydrogen-bond donors (Lipinski definition) is 2. The molecule has 0 aliphatic carbocycles. The van der Waals surface area contributed by atoms with Gasteiger partial charge in [0.1, 0.15) is 6.10 Å². The van der Waals surface area contributed by atoms with E-state index in [0.717, 1.165) is 12.8 Å². The highest BCUT2D eigenvalue weighted by molar-refractivity contribution is 6.01. The first kappa shape index (κ1) is 24.8. The molecular formula is C23H29NO6. The van der Waals surface area contributed by atoms with Gasteiger partial charge in [-0.2, -0.15) is 0 Å². The minimum absolute atomic E-state index is 0.0354. The quantitative estimate of drug-likeness (QED) is 0.260. The summed E-state index contributed by atoms with van der Waals surface area (Å²) >= 11 is 0. The van der Waals surface area contributed by atoms with Gasteiger partial charge in [-0.25, -0.2) is 9.59 Å². The van der Waals surface area contributed by atoms with E-state index in [2.05, 4.69) is 40.5 Å². The second kappa shape index (κ2) is 14.7. The van der Waals surface area contributed by atoms with Crippen molar-refractivity contribution in [3.63, 3.8) is 0 Å². The molecule has 0 radical (unpaired) electrons. The maximum Gasteiger partial charge on any atom is 0.336 e. The molecule has 0 saturated carbocycles. The Morgan fingerprint density at radius 2 is 1.33 bits per heavy atom. The summed E-state index contributed by atoms with van der Waals surface area (Å²) in [6.07, 6.45) is 8.17. The predicted octanol–water partition coefficient (Wildman–Crippen LogP) is 5.74. The van der Waals surface area contributed by atoms with Gasteiger partial charge in [-0.15, -0.1) is 4.91 Å². The summed E-state index contributed by atoms with van der Waals surface area (Å²) in [6, 6.07) is 16.1. The molecule has 0 amide bonds. The number of carboxylic acid groups (broad SMARTS) is 2. The molecule has 2 N–H and O–H groups in total. The SMILES string of the molecule is CC(CCCCCCCc1ccccc1)ON=O.O=C(O)c1ccccc1C(=O)O. The molecule has 0 spiro atoms. The molecule has 2 aromatic carbocycles. The van der Waals surface area contributed by atoms with Gasteiger partial charge in [-0.1, -0.05) is 61.7 Å². The number of aromatic carboxylic acids is 2. The van der Waals surface area contributed by atoms with Crippen LogP contribution in [0.1, 0.15) is 71.7 Å². The van der Waals surface area contributed by atoms with E-state index in [9.17, 15) is 14.5 Å². The molecule has 0 fully saturated rings. The summed E-state index contributed by atoms with van der Waals surface area (Å²) in [6.45, 7) is 1.89. The Labute approximate surface area is 176 Å². The van der Waals surface area contributed by atoms with E-state index in [-0.39, 0.29) is 17.2 Å². The first-order valence-electron chi connectivity index (χ1n) is 10.0. The minimum Gasteiger partial charge on any atom is -0.478 e. The summed E-state index contributed by atoms with van der Waals surface area (Å²) in [5, 5.41) is 19.5. The van der Waals surface area contributed by atoms with Crippen molar-refractivity contribution in [3.8, 4) is 0 Å². The lowest BCUT2D eigenvalue weighted by atomic mass is 10.0. The van der Waals surface area contributed by atoms with E-state index in [1.807, 2.05) is 6.92 Å². The summed E-state index contributed by atoms with van der Waals surface area (Å²) in [4.78, 5) is 35.4. The third-order valence-corrected chi connectivity index (χ3v) is 4.53. The Morgan fingerprint density at radius 1 is 0.833 bits per heavy atom. The van der Waals surface area contributed by atoms with Gasteiger partial charge in [-0.05, 0) is 50.3 Å². The van der Waals surface area contributed by atoms with Crippen LogP contribution in [0.5, 0.6) is 0 Å². The average molecular weight is 415 g/mol. The van der Waals surface area contributed by atoms with Crippen LogP contribution < -0.4 is 0 Å². The number of benzene rings is 2. The number of carbonyl (C=O) groups is 2. The van der Waals surface area contributed by atoms with Gasteiger partial charge in [-0.3, -0.25) is 0 Å². The molecule has 30 heavy (non-hydrogen) atoms. The fraction of sp³-hybridized carbons (Fsp3) is 0.391. The van der Waals surface area contributed by atoms with Gasteiger partial charge in [0.25, 0.3) is 0 Å². The van der Waals surface area contributed by atoms with Crippen LogP contribution in [0.25, 0.3) is 0 Å². The Bertz CT molecular complexity index is 745. The van der Waals surface area contributed by atoms with E-state index in [0.29, 0.717) is 0 Å². The molecule has 0 aliphatic heterocycles. The number of rotatable bonds is 12. The first-order chi connectivity index (χ1) is 14.5. The zero-order valence-corrected chi connectivity index (χ0v) is 17.2. The Kier molecular flexibility index (Phi) is 12.2. The van der Waals surface area contributed by atoms with Crippen LogP contribution in [0.4, 0.5) is 0 Å². The summed E-state index contributed by atoms with van der Waals surface area (Å²) in [7, 11) is 0. The van der Waals surface area contributed by atoms with Crippen LogP contribution in [-0.2, 0) is 11.3 Å². The van der Waals surface area contributed by atoms with Gasteiger partial charge < -0.3 is 15.1 Å². The summed E-state index contributed by atoms with van der Waals surface area (Å²) in [5.41, 5.74) is 1.05. The molecule has 0 saturated heterocycles. The zero-order valence-electron chi connectivity index (χ0n) is 17.2. The third-order valence-electron chi connectivity index (χ3n) is 4.53. The number of carboxylic acids is 2. The number of nitrogens with zero attached hydrogens (tertiary/aromatic N) is 1. The monoisotopic (exact) mass is 415 g/mol. The standard InChI is InChI=1S/C15H23NO2.C8H6O4/c1-14(18-16-17)10-6-3-2-4-7-11-15-12-8-5-9-13-15;9-7(10)5-3-1-2-4-6(5)8(11)12/h5,8-9,12-14H,2-4,6-7,10-11H2,1H3;1-4H,(H,9,10)(H,11,12). The highest BCUT2D eigenvalue weighted by atomic mass is 16.7. The highest BCUT2D eigenvalue weighted by Crippen LogP contribution is 2.12. The normalized spacial score (nSPS) is 11.0. The fourth-order valence-corrected chi connectivity index (χ4v) is 2.92. The Hall–Kier alpha value is -3.22. The molecule has 7 heteroatoms. The van der Waals surface area contributed by atoms with Crippen molar-refractivity contribution in [3.05, 3.63) is 76.2 Å². The summed E-state index contributed by atoms with van der Waals surface area (Å²) in [5.74, 6) is -2.46. The second-order valence-corrected chi connectivity index (χ2v) is 6.94. The largest absolute Gasteiger partial charge is 0.478 e. The van der Waals surface area contributed by atoms with Crippen molar-refractivity contribution in [1.29, 1.82) is 0 Å². The van der Waals surface area contributed by atoms with E-state index >= 15 is 0 Å². The molecule has 7 nitrogen and oxygen atoms in total. The Balaban J connectivity index is 0.000000325. The van der Waals surface area contributed by atoms with Gasteiger partial charge in [0.05, 0.1) is 11.1 Å². The molecule has 0 aliphatic rings. The van der Waals surface area contributed by atoms with Crippen LogP contribution in [0, 0.1) is 4.91 Å². The summed E-state index contributed by atoms with van der Waals surface area (Å²) < 4.78 is 0. The molecule has 2 rings (SSSR count). The van der Waals surface area contributed by atoms with Crippen molar-refractivity contribution in [1.82, 2.24) is 0 Å². The molecule has 1 unspecified atom stereocenters. The van der Waals surface area contributed by atoms with Crippen LogP contribution >= 0.6 is 0 Å². The van der Waals surface area contributed by atoms with E-state index in [1.54, 1.807) is 0 Å². The molecule has 0 bridgehead atoms. The molecule has 0 heterocycles. The van der Waals surface area contributed by atoms with Gasteiger partial charge in [0.2, 0.25) is 0 Å². The number of aryl methyl sites for hydroxylation is 1. The van der Waals surface area contributed by atoms with Gasteiger partial charge in [0, 0.05) is 0 Å². The fourth-order valence-electron chi connectivity index (χ4n) is 2.92. The first-order valence-corrected chi connectivity index (χ1v) is 10.0.